The van der Waals surface area contributed by atoms with Gasteiger partial charge < -0.3 is 5.32 Å². The molecule has 0 unspecified atom stereocenters. The molecular weight excluding hydrogens is 367 g/mol. The summed E-state index contributed by atoms with van der Waals surface area (Å²) in [6, 6.07) is 5.39. The Morgan fingerprint density at radius 1 is 1.21 bits per heavy atom. The van der Waals surface area contributed by atoms with Crippen molar-refractivity contribution < 1.29 is 4.79 Å². The molecule has 0 aliphatic carbocycles. The molecule has 128 valence electrons. The lowest BCUT2D eigenvalue weighted by atomic mass is 10.2. The van der Waals surface area contributed by atoms with Crippen LogP contribution < -0.4 is 10.7 Å². The Morgan fingerprint density at radius 3 is 2.62 bits per heavy atom. The van der Waals surface area contributed by atoms with E-state index in [1.54, 1.807) is 23.7 Å². The fourth-order valence-electron chi connectivity index (χ4n) is 2.61. The lowest BCUT2D eigenvalue weighted by molar-refractivity contribution is 0.0746. The number of nitrogens with one attached hydrogen (secondary N) is 2. The van der Waals surface area contributed by atoms with Crippen LogP contribution in [0.3, 0.4) is 0 Å². The van der Waals surface area contributed by atoms with Crippen LogP contribution in [0.2, 0.25) is 10.0 Å². The predicted molar refractivity (Wildman–Crippen MR) is 98.8 cm³/mol. The van der Waals surface area contributed by atoms with Crippen LogP contribution in [0.25, 0.3) is 0 Å². The van der Waals surface area contributed by atoms with Crippen molar-refractivity contribution in [2.24, 2.45) is 0 Å². The maximum absolute atomic E-state index is 12.4. The molecule has 3 rings (SSSR count). The highest BCUT2D eigenvalue weighted by Gasteiger charge is 2.19. The van der Waals surface area contributed by atoms with Crippen LogP contribution in [0, 0.1) is 0 Å². The number of hydrazine groups is 1. The van der Waals surface area contributed by atoms with Crippen LogP contribution >= 0.6 is 34.5 Å². The Hall–Kier alpha value is -1.34. The van der Waals surface area contributed by atoms with Gasteiger partial charge in [0.25, 0.3) is 5.91 Å². The van der Waals surface area contributed by atoms with Gasteiger partial charge in [-0.3, -0.25) is 10.2 Å². The van der Waals surface area contributed by atoms with E-state index in [2.05, 4.69) is 15.7 Å². The van der Waals surface area contributed by atoms with Crippen molar-refractivity contribution in [2.75, 3.05) is 18.4 Å². The summed E-state index contributed by atoms with van der Waals surface area (Å²) in [4.78, 5) is 16.6. The zero-order valence-electron chi connectivity index (χ0n) is 13.0. The summed E-state index contributed by atoms with van der Waals surface area (Å²) in [5.74, 6) is -0.189. The van der Waals surface area contributed by atoms with E-state index in [0.29, 0.717) is 27.3 Å². The van der Waals surface area contributed by atoms with Gasteiger partial charge >= 0.3 is 0 Å². The van der Waals surface area contributed by atoms with E-state index in [4.69, 9.17) is 23.2 Å². The molecule has 8 heteroatoms. The van der Waals surface area contributed by atoms with E-state index in [0.717, 1.165) is 31.5 Å². The number of hydrogen-bond donors (Lipinski definition) is 2. The van der Waals surface area contributed by atoms with E-state index in [1.165, 1.54) is 17.8 Å². The minimum absolute atomic E-state index is 0.189. The third-order valence-electron chi connectivity index (χ3n) is 3.89. The number of carbonyl (C=O) groups is 1. The zero-order valence-corrected chi connectivity index (χ0v) is 15.3. The van der Waals surface area contributed by atoms with Crippen molar-refractivity contribution in [1.82, 2.24) is 15.4 Å². The number of nitrogens with zero attached hydrogens (tertiary/aromatic N) is 2. The smallest absolute Gasteiger partial charge is 0.287 e. The Bertz CT molecular complexity index is 696. The largest absolute Gasteiger partial charge is 0.371 e. The summed E-state index contributed by atoms with van der Waals surface area (Å²) in [5.41, 5.74) is 5.78. The second-order valence-corrected chi connectivity index (χ2v) is 7.24. The maximum atomic E-state index is 12.4. The summed E-state index contributed by atoms with van der Waals surface area (Å²) in [5, 5.41) is 7.08. The molecule has 0 radical (unpaired) electrons. The molecule has 24 heavy (non-hydrogen) atoms. The minimum atomic E-state index is -0.189. The molecule has 5 nitrogen and oxygen atoms in total. The van der Waals surface area contributed by atoms with Crippen molar-refractivity contribution in [2.45, 2.75) is 25.8 Å². The molecule has 0 atom stereocenters. The molecule has 2 aromatic rings. The Balaban J connectivity index is 1.65. The van der Waals surface area contributed by atoms with E-state index >= 15 is 0 Å². The van der Waals surface area contributed by atoms with Gasteiger partial charge in [0.2, 0.25) is 0 Å². The highest BCUT2D eigenvalue weighted by atomic mass is 35.5. The molecule has 1 aromatic heterocycles. The number of amides is 1. The fraction of sp³-hybridized carbons (Fsp3) is 0.375. The Morgan fingerprint density at radius 2 is 1.92 bits per heavy atom. The number of hydrogen-bond acceptors (Lipinski definition) is 5. The SMILES string of the molecule is O=C(NN1CCCCC1)c1ncsc1NCc1c(Cl)cccc1Cl. The number of anilines is 1. The van der Waals surface area contributed by atoms with Crippen molar-refractivity contribution >= 4 is 45.4 Å². The molecule has 1 amide bonds. The van der Waals surface area contributed by atoms with Gasteiger partial charge in [0.15, 0.2) is 5.69 Å². The molecule has 1 aliphatic heterocycles. The third kappa shape index (κ3) is 4.19. The van der Waals surface area contributed by atoms with Crippen LogP contribution in [0.4, 0.5) is 5.00 Å². The van der Waals surface area contributed by atoms with Crippen LogP contribution in [0.5, 0.6) is 0 Å². The third-order valence-corrected chi connectivity index (χ3v) is 5.38. The molecule has 0 bridgehead atoms. The van der Waals surface area contributed by atoms with Gasteiger partial charge in [0.05, 0.1) is 5.51 Å². The number of aromatic nitrogens is 1. The first kappa shape index (κ1) is 17.5. The summed E-state index contributed by atoms with van der Waals surface area (Å²) < 4.78 is 0. The minimum Gasteiger partial charge on any atom is -0.371 e. The van der Waals surface area contributed by atoms with Crippen LogP contribution in [-0.2, 0) is 6.54 Å². The Labute approximate surface area is 154 Å². The predicted octanol–water partition coefficient (Wildman–Crippen LogP) is 4.19. The molecule has 0 spiro atoms. The lowest BCUT2D eigenvalue weighted by Crippen LogP contribution is -2.45. The summed E-state index contributed by atoms with van der Waals surface area (Å²) in [6.07, 6.45) is 3.43. The molecule has 1 aromatic carbocycles. The van der Waals surface area contributed by atoms with Gasteiger partial charge in [0.1, 0.15) is 5.00 Å². The quantitative estimate of drug-likeness (QED) is 0.810. The van der Waals surface area contributed by atoms with E-state index in [-0.39, 0.29) is 5.91 Å². The first-order valence-electron chi connectivity index (χ1n) is 7.81. The number of rotatable bonds is 5. The standard InChI is InChI=1S/C16H18Cl2N4OS/c17-12-5-4-6-13(18)11(12)9-19-16-14(20-10-24-16)15(23)21-22-7-2-1-3-8-22/h4-6,10,19H,1-3,7-9H2,(H,21,23). The van der Waals surface area contributed by atoms with E-state index in [9.17, 15) is 4.79 Å². The number of carbonyl (C=O) groups excluding carboxylic acids is 1. The summed E-state index contributed by atoms with van der Waals surface area (Å²) in [7, 11) is 0. The number of thiazole rings is 1. The van der Waals surface area contributed by atoms with Crippen molar-refractivity contribution in [3.05, 3.63) is 45.0 Å². The first-order chi connectivity index (χ1) is 11.6. The fourth-order valence-corrected chi connectivity index (χ4v) is 3.81. The van der Waals surface area contributed by atoms with Crippen LogP contribution in [0.15, 0.2) is 23.7 Å². The average Bonchev–Trinajstić information content (AvgIpc) is 3.04. The summed E-state index contributed by atoms with van der Waals surface area (Å²) in [6.45, 7) is 2.20. The summed E-state index contributed by atoms with van der Waals surface area (Å²) >= 11 is 13.7. The van der Waals surface area contributed by atoms with E-state index < -0.39 is 0 Å². The Kier molecular flexibility index (Phi) is 5.94. The monoisotopic (exact) mass is 384 g/mol. The second kappa shape index (κ2) is 8.16. The van der Waals surface area contributed by atoms with Gasteiger partial charge in [0, 0.05) is 35.2 Å². The zero-order chi connectivity index (χ0) is 16.9. The first-order valence-corrected chi connectivity index (χ1v) is 9.45. The van der Waals surface area contributed by atoms with Crippen LogP contribution in [-0.4, -0.2) is 29.0 Å². The molecule has 2 N–H and O–H groups in total. The van der Waals surface area contributed by atoms with Gasteiger partial charge in [-0.15, -0.1) is 11.3 Å². The normalized spacial score (nSPS) is 15.2. The average molecular weight is 385 g/mol. The highest BCUT2D eigenvalue weighted by Crippen LogP contribution is 2.27. The molecule has 1 fully saturated rings. The van der Waals surface area contributed by atoms with Crippen molar-refractivity contribution in [1.29, 1.82) is 0 Å². The van der Waals surface area contributed by atoms with Crippen molar-refractivity contribution in [3.8, 4) is 0 Å². The molecule has 2 heterocycles. The van der Waals surface area contributed by atoms with E-state index in [1.807, 2.05) is 5.01 Å². The van der Waals surface area contributed by atoms with Crippen LogP contribution in [0.1, 0.15) is 35.3 Å². The number of benzene rings is 1. The topological polar surface area (TPSA) is 57.3 Å². The van der Waals surface area contributed by atoms with Crippen molar-refractivity contribution in [3.63, 3.8) is 0 Å². The molecular formula is C16H18Cl2N4OS. The second-order valence-electron chi connectivity index (χ2n) is 5.57. The molecule has 1 aliphatic rings. The van der Waals surface area contributed by atoms with Gasteiger partial charge in [-0.25, -0.2) is 9.99 Å². The molecule has 0 saturated carbocycles. The highest BCUT2D eigenvalue weighted by molar-refractivity contribution is 7.14. The molecule has 1 saturated heterocycles. The van der Waals surface area contributed by atoms with Gasteiger partial charge in [-0.05, 0) is 25.0 Å². The van der Waals surface area contributed by atoms with Gasteiger partial charge in [-0.2, -0.15) is 0 Å². The number of halogens is 2. The lowest BCUT2D eigenvalue weighted by Gasteiger charge is -2.26. The number of piperidine rings is 1. The van der Waals surface area contributed by atoms with Gasteiger partial charge in [-0.1, -0.05) is 35.7 Å². The maximum Gasteiger partial charge on any atom is 0.287 e.